The van der Waals surface area contributed by atoms with Crippen LogP contribution < -0.4 is 10.2 Å². The minimum Gasteiger partial charge on any atom is -0.368 e. The molecule has 0 spiro atoms. The average molecular weight is 349 g/mol. The van der Waals surface area contributed by atoms with Gasteiger partial charge in [0.1, 0.15) is 5.70 Å². The second-order valence-electron chi connectivity index (χ2n) is 6.26. The number of nitrogens with zero attached hydrogens (tertiary/aromatic N) is 2. The van der Waals surface area contributed by atoms with Gasteiger partial charge in [0.2, 0.25) is 5.91 Å². The maximum absolute atomic E-state index is 12.9. The molecule has 1 saturated heterocycles. The number of benzene rings is 2. The zero-order valence-electron chi connectivity index (χ0n) is 14.9. The lowest BCUT2D eigenvalue weighted by Crippen LogP contribution is -2.50. The van der Waals surface area contributed by atoms with Gasteiger partial charge >= 0.3 is 0 Å². The molecule has 5 nitrogen and oxygen atoms in total. The first kappa shape index (κ1) is 17.7. The SMILES string of the molecule is CC(=O)N/C(=C/c1ccccc1)C(=O)N1CCN(c2ccccc2)CC1. The maximum Gasteiger partial charge on any atom is 0.270 e. The fourth-order valence-electron chi connectivity index (χ4n) is 3.03. The first-order valence-corrected chi connectivity index (χ1v) is 8.77. The molecule has 0 unspecified atom stereocenters. The van der Waals surface area contributed by atoms with Gasteiger partial charge in [-0.3, -0.25) is 9.59 Å². The second-order valence-corrected chi connectivity index (χ2v) is 6.26. The highest BCUT2D eigenvalue weighted by atomic mass is 16.2. The van der Waals surface area contributed by atoms with Crippen molar-refractivity contribution in [3.8, 4) is 0 Å². The van der Waals surface area contributed by atoms with Crippen LogP contribution in [0.1, 0.15) is 12.5 Å². The summed E-state index contributed by atoms with van der Waals surface area (Å²) in [6.45, 7) is 4.21. The molecule has 1 fully saturated rings. The van der Waals surface area contributed by atoms with Crippen LogP contribution in [0.5, 0.6) is 0 Å². The monoisotopic (exact) mass is 349 g/mol. The summed E-state index contributed by atoms with van der Waals surface area (Å²) >= 11 is 0. The summed E-state index contributed by atoms with van der Waals surface area (Å²) in [6, 6.07) is 19.7. The highest BCUT2D eigenvalue weighted by Crippen LogP contribution is 2.17. The van der Waals surface area contributed by atoms with E-state index in [1.54, 1.807) is 11.0 Å². The highest BCUT2D eigenvalue weighted by Gasteiger charge is 2.24. The van der Waals surface area contributed by atoms with Crippen molar-refractivity contribution in [2.24, 2.45) is 0 Å². The molecule has 2 amide bonds. The van der Waals surface area contributed by atoms with Gasteiger partial charge in [-0.25, -0.2) is 0 Å². The fraction of sp³-hybridized carbons (Fsp3) is 0.238. The van der Waals surface area contributed by atoms with E-state index >= 15 is 0 Å². The molecule has 0 radical (unpaired) electrons. The van der Waals surface area contributed by atoms with Crippen LogP contribution in [0.15, 0.2) is 66.4 Å². The molecule has 3 rings (SSSR count). The molecule has 134 valence electrons. The molecule has 0 atom stereocenters. The van der Waals surface area contributed by atoms with Crippen molar-refractivity contribution in [1.82, 2.24) is 10.2 Å². The van der Waals surface area contributed by atoms with Crippen LogP contribution in [0.3, 0.4) is 0 Å². The number of nitrogens with one attached hydrogen (secondary N) is 1. The standard InChI is InChI=1S/C21H23N3O2/c1-17(25)22-20(16-18-8-4-2-5-9-18)21(26)24-14-12-23(13-15-24)19-10-6-3-7-11-19/h2-11,16H,12-15H2,1H3,(H,22,25)/b20-16+. The topological polar surface area (TPSA) is 52.7 Å². The van der Waals surface area contributed by atoms with E-state index in [0.717, 1.165) is 18.7 Å². The molecule has 0 saturated carbocycles. The van der Waals surface area contributed by atoms with Gasteiger partial charge in [-0.1, -0.05) is 48.5 Å². The number of hydrogen-bond acceptors (Lipinski definition) is 3. The van der Waals surface area contributed by atoms with Gasteiger partial charge in [0.15, 0.2) is 0 Å². The molecule has 5 heteroatoms. The number of para-hydroxylation sites is 1. The van der Waals surface area contributed by atoms with E-state index in [4.69, 9.17) is 0 Å². The van der Waals surface area contributed by atoms with Gasteiger partial charge in [0.25, 0.3) is 5.91 Å². The van der Waals surface area contributed by atoms with E-state index < -0.39 is 0 Å². The first-order valence-electron chi connectivity index (χ1n) is 8.77. The van der Waals surface area contributed by atoms with E-state index in [-0.39, 0.29) is 11.8 Å². The third kappa shape index (κ3) is 4.51. The molecule has 1 aliphatic rings. The van der Waals surface area contributed by atoms with Crippen molar-refractivity contribution in [3.05, 3.63) is 71.9 Å². The Bertz CT molecular complexity index is 779. The summed E-state index contributed by atoms with van der Waals surface area (Å²) in [6.07, 6.45) is 1.73. The quantitative estimate of drug-likeness (QED) is 0.863. The molecule has 1 aliphatic heterocycles. The summed E-state index contributed by atoms with van der Waals surface area (Å²) < 4.78 is 0. The molecular formula is C21H23N3O2. The van der Waals surface area contributed by atoms with Crippen molar-refractivity contribution in [3.63, 3.8) is 0 Å². The van der Waals surface area contributed by atoms with Crippen LogP contribution >= 0.6 is 0 Å². The summed E-state index contributed by atoms with van der Waals surface area (Å²) in [5, 5.41) is 2.69. The van der Waals surface area contributed by atoms with E-state index in [2.05, 4.69) is 22.3 Å². The van der Waals surface area contributed by atoms with Crippen LogP contribution in [0, 0.1) is 0 Å². The van der Waals surface area contributed by atoms with Crippen molar-refractivity contribution < 1.29 is 9.59 Å². The lowest BCUT2D eigenvalue weighted by atomic mass is 10.1. The van der Waals surface area contributed by atoms with E-state index in [1.165, 1.54) is 12.6 Å². The van der Waals surface area contributed by atoms with Crippen LogP contribution in [0.25, 0.3) is 6.08 Å². The van der Waals surface area contributed by atoms with Crippen molar-refractivity contribution in [2.75, 3.05) is 31.1 Å². The van der Waals surface area contributed by atoms with Gasteiger partial charge < -0.3 is 15.1 Å². The van der Waals surface area contributed by atoms with Crippen molar-refractivity contribution in [1.29, 1.82) is 0 Å². The van der Waals surface area contributed by atoms with Gasteiger partial charge in [0.05, 0.1) is 0 Å². The summed E-state index contributed by atoms with van der Waals surface area (Å²) in [5.41, 5.74) is 2.37. The summed E-state index contributed by atoms with van der Waals surface area (Å²) in [4.78, 5) is 28.5. The molecule has 26 heavy (non-hydrogen) atoms. The Morgan fingerprint density at radius 1 is 0.885 bits per heavy atom. The molecule has 1 N–H and O–H groups in total. The Labute approximate surface area is 153 Å². The fourth-order valence-corrected chi connectivity index (χ4v) is 3.03. The number of hydrogen-bond donors (Lipinski definition) is 1. The van der Waals surface area contributed by atoms with Gasteiger partial charge in [0, 0.05) is 38.8 Å². The number of anilines is 1. The molecule has 2 aromatic carbocycles. The number of carbonyl (C=O) groups is 2. The maximum atomic E-state index is 12.9. The largest absolute Gasteiger partial charge is 0.368 e. The molecule has 0 aromatic heterocycles. The Kier molecular flexibility index (Phi) is 5.69. The predicted molar refractivity (Wildman–Crippen MR) is 103 cm³/mol. The number of piperazine rings is 1. The Morgan fingerprint density at radius 3 is 2.04 bits per heavy atom. The minimum atomic E-state index is -0.247. The zero-order valence-corrected chi connectivity index (χ0v) is 14.9. The molecular weight excluding hydrogens is 326 g/mol. The van der Waals surface area contributed by atoms with E-state index in [0.29, 0.717) is 18.8 Å². The van der Waals surface area contributed by atoms with Crippen molar-refractivity contribution >= 4 is 23.6 Å². The van der Waals surface area contributed by atoms with E-state index in [1.807, 2.05) is 48.5 Å². The van der Waals surface area contributed by atoms with Crippen molar-refractivity contribution in [2.45, 2.75) is 6.92 Å². The highest BCUT2D eigenvalue weighted by molar-refractivity contribution is 6.01. The Morgan fingerprint density at radius 2 is 1.46 bits per heavy atom. The predicted octanol–water partition coefficient (Wildman–Crippen LogP) is 2.51. The van der Waals surface area contributed by atoms with Crippen LogP contribution in [-0.2, 0) is 9.59 Å². The number of amides is 2. The number of carbonyl (C=O) groups excluding carboxylic acids is 2. The molecule has 0 aliphatic carbocycles. The lowest BCUT2D eigenvalue weighted by Gasteiger charge is -2.36. The molecule has 1 heterocycles. The Balaban J connectivity index is 1.70. The molecule has 2 aromatic rings. The summed E-state index contributed by atoms with van der Waals surface area (Å²) in [5.74, 6) is -0.389. The van der Waals surface area contributed by atoms with Crippen LogP contribution in [0.4, 0.5) is 5.69 Å². The normalized spacial score (nSPS) is 14.9. The lowest BCUT2D eigenvalue weighted by molar-refractivity contribution is -0.129. The van der Waals surface area contributed by atoms with Gasteiger partial charge in [-0.15, -0.1) is 0 Å². The third-order valence-corrected chi connectivity index (χ3v) is 4.34. The summed E-state index contributed by atoms with van der Waals surface area (Å²) in [7, 11) is 0. The van der Waals surface area contributed by atoms with Gasteiger partial charge in [-0.05, 0) is 23.8 Å². The third-order valence-electron chi connectivity index (χ3n) is 4.34. The minimum absolute atomic E-state index is 0.142. The molecule has 0 bridgehead atoms. The zero-order chi connectivity index (χ0) is 18.4. The number of rotatable bonds is 4. The second kappa shape index (κ2) is 8.34. The first-order chi connectivity index (χ1) is 12.6. The van der Waals surface area contributed by atoms with Crippen LogP contribution in [0.2, 0.25) is 0 Å². The van der Waals surface area contributed by atoms with Crippen LogP contribution in [-0.4, -0.2) is 42.9 Å². The average Bonchev–Trinajstić information content (AvgIpc) is 2.68. The van der Waals surface area contributed by atoms with E-state index in [9.17, 15) is 9.59 Å². The smallest absolute Gasteiger partial charge is 0.270 e. The Hall–Kier alpha value is -3.08. The van der Waals surface area contributed by atoms with Gasteiger partial charge in [-0.2, -0.15) is 0 Å².